The molecule has 1 heterocycles. The maximum Gasteiger partial charge on any atom is 0.410 e. The van der Waals surface area contributed by atoms with E-state index >= 15 is 0 Å². The molecule has 0 unspecified atom stereocenters. The monoisotopic (exact) mass is 445 g/mol. The number of amides is 1. The van der Waals surface area contributed by atoms with Crippen LogP contribution < -0.4 is 0 Å². The second-order valence-corrected chi connectivity index (χ2v) is 13.0. The molecule has 29 heavy (non-hydrogen) atoms. The summed E-state index contributed by atoms with van der Waals surface area (Å²) in [4.78, 5) is 14.0. The minimum Gasteiger partial charge on any atom is -0.444 e. The third kappa shape index (κ3) is 7.97. The summed E-state index contributed by atoms with van der Waals surface area (Å²) in [6.45, 7) is 6.63. The van der Waals surface area contributed by atoms with Crippen LogP contribution in [0.25, 0.3) is 0 Å². The van der Waals surface area contributed by atoms with Crippen molar-refractivity contribution in [2.75, 3.05) is 25.1 Å². The van der Waals surface area contributed by atoms with Gasteiger partial charge in [-0.2, -0.15) is 0 Å². The number of carbonyl (C=O) groups excluding carboxylic acids is 1. The molecule has 1 saturated heterocycles. The van der Waals surface area contributed by atoms with Crippen LogP contribution in [-0.2, 0) is 30.2 Å². The van der Waals surface area contributed by atoms with Gasteiger partial charge in [-0.15, -0.1) is 0 Å². The first-order valence-corrected chi connectivity index (χ1v) is 13.4. The van der Waals surface area contributed by atoms with E-state index in [9.17, 15) is 21.6 Å². The average molecular weight is 446 g/mol. The van der Waals surface area contributed by atoms with E-state index in [0.717, 1.165) is 19.1 Å². The van der Waals surface area contributed by atoms with Gasteiger partial charge in [0.1, 0.15) is 5.60 Å². The molecule has 0 radical (unpaired) electrons. The molecule has 0 aromatic heterocycles. The zero-order chi connectivity index (χ0) is 21.9. The van der Waals surface area contributed by atoms with E-state index in [1.165, 1.54) is 12.1 Å². The maximum atomic E-state index is 12.6. The number of likely N-dealkylation sites (tertiary alicyclic amines) is 1. The summed E-state index contributed by atoms with van der Waals surface area (Å²) in [5.41, 5.74) is 0.0414. The predicted octanol–water partition coefficient (Wildman–Crippen LogP) is 3.04. The van der Waals surface area contributed by atoms with Crippen LogP contribution in [0.5, 0.6) is 0 Å². The van der Waals surface area contributed by atoms with E-state index in [2.05, 4.69) is 0 Å². The first kappa shape index (κ1) is 23.7. The Morgan fingerprint density at radius 2 is 1.62 bits per heavy atom. The standard InChI is InChI=1S/C20H31NO6S2/c1-20(2,3)27-19(22)21-12-9-16(10-13-21)11-14-29(25,26)18-7-5-17(6-8-18)15-28(4,23)24/h5-8,16H,9-15H2,1-4H3. The molecule has 1 aromatic rings. The quantitative estimate of drug-likeness (QED) is 0.667. The molecule has 0 spiro atoms. The molecule has 1 aliphatic heterocycles. The van der Waals surface area contributed by atoms with Gasteiger partial charge in [0.05, 0.1) is 16.4 Å². The zero-order valence-electron chi connectivity index (χ0n) is 17.5. The molecule has 0 N–H and O–H groups in total. The number of hydrogen-bond acceptors (Lipinski definition) is 6. The predicted molar refractivity (Wildman–Crippen MR) is 112 cm³/mol. The molecular weight excluding hydrogens is 414 g/mol. The second kappa shape index (κ2) is 9.04. The Balaban J connectivity index is 1.86. The topological polar surface area (TPSA) is 97.8 Å². The molecule has 1 aromatic carbocycles. The Morgan fingerprint density at radius 3 is 2.10 bits per heavy atom. The number of rotatable bonds is 6. The number of carbonyl (C=O) groups is 1. The van der Waals surface area contributed by atoms with Gasteiger partial charge in [-0.1, -0.05) is 12.1 Å². The molecule has 0 saturated carbocycles. The van der Waals surface area contributed by atoms with Crippen LogP contribution in [0.3, 0.4) is 0 Å². The largest absolute Gasteiger partial charge is 0.444 e. The molecule has 9 heteroatoms. The summed E-state index contributed by atoms with van der Waals surface area (Å²) in [6, 6.07) is 6.04. The first-order valence-electron chi connectivity index (χ1n) is 9.72. The SMILES string of the molecule is CC(C)(C)OC(=O)N1CCC(CCS(=O)(=O)c2ccc(CS(C)(=O)=O)cc2)CC1. The Kier molecular flexibility index (Phi) is 7.37. The number of benzene rings is 1. The van der Waals surface area contributed by atoms with Gasteiger partial charge in [0.15, 0.2) is 19.7 Å². The first-order chi connectivity index (χ1) is 13.3. The zero-order valence-corrected chi connectivity index (χ0v) is 19.2. The van der Waals surface area contributed by atoms with Crippen LogP contribution in [-0.4, -0.2) is 58.5 Å². The average Bonchev–Trinajstić information content (AvgIpc) is 2.58. The molecule has 2 rings (SSSR count). The second-order valence-electron chi connectivity index (χ2n) is 8.73. The molecule has 164 valence electrons. The van der Waals surface area contributed by atoms with E-state index in [1.54, 1.807) is 17.0 Å². The Morgan fingerprint density at radius 1 is 1.07 bits per heavy atom. The maximum absolute atomic E-state index is 12.6. The number of ether oxygens (including phenoxy) is 1. The van der Waals surface area contributed by atoms with Crippen LogP contribution in [0, 0.1) is 5.92 Å². The molecule has 1 amide bonds. The highest BCUT2D eigenvalue weighted by Crippen LogP contribution is 2.24. The van der Waals surface area contributed by atoms with Crippen molar-refractivity contribution in [2.45, 2.75) is 56.3 Å². The van der Waals surface area contributed by atoms with Gasteiger partial charge in [-0.3, -0.25) is 0 Å². The van der Waals surface area contributed by atoms with Crippen LogP contribution in [0.4, 0.5) is 4.79 Å². The normalized spacial score (nSPS) is 16.6. The number of hydrogen-bond donors (Lipinski definition) is 0. The smallest absolute Gasteiger partial charge is 0.410 e. The van der Waals surface area contributed by atoms with Gasteiger partial charge in [-0.05, 0) is 63.6 Å². The number of sulfone groups is 2. The van der Waals surface area contributed by atoms with Gasteiger partial charge in [0.25, 0.3) is 0 Å². The lowest BCUT2D eigenvalue weighted by Crippen LogP contribution is -2.41. The lowest BCUT2D eigenvalue weighted by molar-refractivity contribution is 0.0183. The van der Waals surface area contributed by atoms with Crippen molar-refractivity contribution in [1.29, 1.82) is 0 Å². The summed E-state index contributed by atoms with van der Waals surface area (Å²) >= 11 is 0. The third-order valence-electron chi connectivity index (χ3n) is 4.77. The van der Waals surface area contributed by atoms with Crippen LogP contribution in [0.1, 0.15) is 45.6 Å². The van der Waals surface area contributed by atoms with Crippen molar-refractivity contribution in [1.82, 2.24) is 4.90 Å². The van der Waals surface area contributed by atoms with E-state index in [1.807, 2.05) is 20.8 Å². The molecule has 7 nitrogen and oxygen atoms in total. The molecule has 0 bridgehead atoms. The van der Waals surface area contributed by atoms with E-state index in [4.69, 9.17) is 4.74 Å². The van der Waals surface area contributed by atoms with Crippen LogP contribution in [0.2, 0.25) is 0 Å². The fourth-order valence-electron chi connectivity index (χ4n) is 3.27. The van der Waals surface area contributed by atoms with E-state index in [-0.39, 0.29) is 28.4 Å². The summed E-state index contributed by atoms with van der Waals surface area (Å²) in [7, 11) is -6.59. The highest BCUT2D eigenvalue weighted by molar-refractivity contribution is 7.91. The van der Waals surface area contributed by atoms with Crippen molar-refractivity contribution in [3.05, 3.63) is 29.8 Å². The minimum absolute atomic E-state index is 0.0372. The van der Waals surface area contributed by atoms with E-state index < -0.39 is 25.3 Å². The Bertz CT molecular complexity index is 907. The molecule has 1 fully saturated rings. The van der Waals surface area contributed by atoms with Gasteiger partial charge < -0.3 is 9.64 Å². The van der Waals surface area contributed by atoms with E-state index in [0.29, 0.717) is 25.1 Å². The van der Waals surface area contributed by atoms with Crippen molar-refractivity contribution < 1.29 is 26.4 Å². The highest BCUT2D eigenvalue weighted by Gasteiger charge is 2.27. The summed E-state index contributed by atoms with van der Waals surface area (Å²) in [5.74, 6) is 0.173. The summed E-state index contributed by atoms with van der Waals surface area (Å²) in [5, 5.41) is 0. The van der Waals surface area contributed by atoms with Crippen LogP contribution >= 0.6 is 0 Å². The van der Waals surface area contributed by atoms with Gasteiger partial charge >= 0.3 is 6.09 Å². The lowest BCUT2D eigenvalue weighted by Gasteiger charge is -2.33. The molecule has 0 aliphatic carbocycles. The van der Waals surface area contributed by atoms with Crippen molar-refractivity contribution >= 4 is 25.8 Å². The van der Waals surface area contributed by atoms with Gasteiger partial charge in [-0.25, -0.2) is 21.6 Å². The Hall–Kier alpha value is -1.61. The Labute approximate surface area is 174 Å². The fraction of sp³-hybridized carbons (Fsp3) is 0.650. The summed E-state index contributed by atoms with van der Waals surface area (Å²) < 4.78 is 53.3. The third-order valence-corrected chi connectivity index (χ3v) is 7.39. The van der Waals surface area contributed by atoms with Gasteiger partial charge in [0.2, 0.25) is 0 Å². The lowest BCUT2D eigenvalue weighted by atomic mass is 9.95. The highest BCUT2D eigenvalue weighted by atomic mass is 32.2. The number of nitrogens with zero attached hydrogens (tertiary/aromatic N) is 1. The minimum atomic E-state index is -3.43. The summed E-state index contributed by atoms with van der Waals surface area (Å²) in [6.07, 6.45) is 2.86. The molecular formula is C20H31NO6S2. The molecule has 0 atom stereocenters. The van der Waals surface area contributed by atoms with Crippen molar-refractivity contribution in [3.8, 4) is 0 Å². The van der Waals surface area contributed by atoms with Gasteiger partial charge in [0, 0.05) is 19.3 Å². The van der Waals surface area contributed by atoms with Crippen molar-refractivity contribution in [3.63, 3.8) is 0 Å². The van der Waals surface area contributed by atoms with Crippen LogP contribution in [0.15, 0.2) is 29.2 Å². The van der Waals surface area contributed by atoms with Crippen molar-refractivity contribution in [2.24, 2.45) is 5.92 Å². The fourth-order valence-corrected chi connectivity index (χ4v) is 5.49. The number of piperidine rings is 1. The molecule has 1 aliphatic rings.